The zero-order valence-electron chi connectivity index (χ0n) is 16.9. The minimum Gasteiger partial charge on any atom is -0.349 e. The summed E-state index contributed by atoms with van der Waals surface area (Å²) in [5.41, 5.74) is 2.50. The van der Waals surface area contributed by atoms with Crippen molar-refractivity contribution in [2.24, 2.45) is 0 Å². The van der Waals surface area contributed by atoms with Gasteiger partial charge in [0.05, 0.1) is 11.8 Å². The third-order valence-electron chi connectivity index (χ3n) is 4.74. The molecule has 1 heterocycles. The van der Waals surface area contributed by atoms with E-state index in [-0.39, 0.29) is 23.5 Å². The van der Waals surface area contributed by atoms with Crippen LogP contribution in [-0.2, 0) is 4.79 Å². The van der Waals surface area contributed by atoms with Gasteiger partial charge in [-0.05, 0) is 36.8 Å². The molecule has 7 heteroatoms. The Bertz CT molecular complexity index is 1160. The zero-order chi connectivity index (χ0) is 21.6. The van der Waals surface area contributed by atoms with E-state index in [2.05, 4.69) is 15.5 Å². The number of hydrogen-bond acceptors (Lipinski definition) is 4. The molecule has 0 saturated carbocycles. The van der Waals surface area contributed by atoms with E-state index in [9.17, 15) is 9.18 Å². The quantitative estimate of drug-likeness (QED) is 0.416. The number of amides is 1. The van der Waals surface area contributed by atoms with E-state index in [1.165, 1.54) is 23.9 Å². The third-order valence-corrected chi connectivity index (χ3v) is 5.67. The Balaban J connectivity index is 1.55. The highest BCUT2D eigenvalue weighted by molar-refractivity contribution is 7.99. The standard InChI is InChI=1S/C24H21FN4OS/c1-17(18-9-4-2-5-10-18)26-22(30)16-31-24-28-27-23(19-11-8-12-20(25)15-19)29(24)21-13-6-3-7-14-21/h2-15,17H,16H2,1H3,(H,26,30)/t17-/m1/s1. The number of aromatic nitrogens is 3. The van der Waals surface area contributed by atoms with Crippen molar-refractivity contribution >= 4 is 17.7 Å². The predicted octanol–water partition coefficient (Wildman–Crippen LogP) is 5.04. The number of carbonyl (C=O) groups excluding carboxylic acids is 1. The first kappa shape index (κ1) is 20.8. The third kappa shape index (κ3) is 5.00. The van der Waals surface area contributed by atoms with Gasteiger partial charge in [0.1, 0.15) is 5.82 Å². The Kier molecular flexibility index (Phi) is 6.43. The van der Waals surface area contributed by atoms with Crippen molar-refractivity contribution in [3.05, 3.63) is 96.3 Å². The number of rotatable bonds is 7. The van der Waals surface area contributed by atoms with E-state index in [4.69, 9.17) is 0 Å². The van der Waals surface area contributed by atoms with Gasteiger partial charge >= 0.3 is 0 Å². The molecule has 0 saturated heterocycles. The molecule has 5 nitrogen and oxygen atoms in total. The van der Waals surface area contributed by atoms with Crippen LogP contribution >= 0.6 is 11.8 Å². The molecule has 0 bridgehead atoms. The first-order valence-electron chi connectivity index (χ1n) is 9.85. The fraction of sp³-hybridized carbons (Fsp3) is 0.125. The second-order valence-electron chi connectivity index (χ2n) is 6.98. The maximum absolute atomic E-state index is 13.8. The molecule has 3 aromatic carbocycles. The van der Waals surface area contributed by atoms with Crippen molar-refractivity contribution in [1.82, 2.24) is 20.1 Å². The number of hydrogen-bond donors (Lipinski definition) is 1. The first-order valence-corrected chi connectivity index (χ1v) is 10.8. The van der Waals surface area contributed by atoms with Crippen molar-refractivity contribution in [2.75, 3.05) is 5.75 Å². The number of halogens is 1. The normalized spacial score (nSPS) is 11.8. The lowest BCUT2D eigenvalue weighted by Crippen LogP contribution is -2.28. The maximum Gasteiger partial charge on any atom is 0.230 e. The van der Waals surface area contributed by atoms with Crippen molar-refractivity contribution in [1.29, 1.82) is 0 Å². The molecule has 0 aliphatic rings. The molecular formula is C24H21FN4OS. The van der Waals surface area contributed by atoms with Gasteiger partial charge in [-0.1, -0.05) is 72.4 Å². The minimum absolute atomic E-state index is 0.0934. The summed E-state index contributed by atoms with van der Waals surface area (Å²) in [5, 5.41) is 12.1. The van der Waals surface area contributed by atoms with E-state index >= 15 is 0 Å². The Morgan fingerprint density at radius 3 is 2.42 bits per heavy atom. The summed E-state index contributed by atoms with van der Waals surface area (Å²) in [6, 6.07) is 25.5. The zero-order valence-corrected chi connectivity index (χ0v) is 17.7. The predicted molar refractivity (Wildman–Crippen MR) is 120 cm³/mol. The highest BCUT2D eigenvalue weighted by Gasteiger charge is 2.18. The molecular weight excluding hydrogens is 411 g/mol. The van der Waals surface area contributed by atoms with Gasteiger partial charge in [-0.25, -0.2) is 4.39 Å². The SMILES string of the molecule is C[C@@H](NC(=O)CSc1nnc(-c2cccc(F)c2)n1-c1ccccc1)c1ccccc1. The Labute approximate surface area is 184 Å². The van der Waals surface area contributed by atoms with Crippen LogP contribution in [0.25, 0.3) is 17.1 Å². The van der Waals surface area contributed by atoms with Crippen molar-refractivity contribution in [3.63, 3.8) is 0 Å². The second-order valence-corrected chi connectivity index (χ2v) is 7.92. The number of benzene rings is 3. The van der Waals surface area contributed by atoms with Gasteiger partial charge in [0.25, 0.3) is 0 Å². The molecule has 1 N–H and O–H groups in total. The van der Waals surface area contributed by atoms with Gasteiger partial charge in [-0.2, -0.15) is 0 Å². The van der Waals surface area contributed by atoms with Gasteiger partial charge in [0.2, 0.25) is 5.91 Å². The summed E-state index contributed by atoms with van der Waals surface area (Å²) in [6.45, 7) is 1.95. The fourth-order valence-electron chi connectivity index (χ4n) is 3.23. The molecule has 0 fully saturated rings. The van der Waals surface area contributed by atoms with E-state index in [1.807, 2.05) is 72.2 Å². The van der Waals surface area contributed by atoms with Gasteiger partial charge in [-0.15, -0.1) is 10.2 Å². The number of carbonyl (C=O) groups is 1. The van der Waals surface area contributed by atoms with Crippen LogP contribution in [0.4, 0.5) is 4.39 Å². The highest BCUT2D eigenvalue weighted by atomic mass is 32.2. The largest absolute Gasteiger partial charge is 0.349 e. The van der Waals surface area contributed by atoms with E-state index < -0.39 is 0 Å². The van der Waals surface area contributed by atoms with Gasteiger partial charge in [0.15, 0.2) is 11.0 Å². The summed E-state index contributed by atoms with van der Waals surface area (Å²) in [5.74, 6) is 0.261. The lowest BCUT2D eigenvalue weighted by atomic mass is 10.1. The van der Waals surface area contributed by atoms with Crippen molar-refractivity contribution in [3.8, 4) is 17.1 Å². The van der Waals surface area contributed by atoms with Crippen molar-refractivity contribution < 1.29 is 9.18 Å². The van der Waals surface area contributed by atoms with Crippen LogP contribution in [0.3, 0.4) is 0 Å². The maximum atomic E-state index is 13.8. The molecule has 0 aliphatic heterocycles. The summed E-state index contributed by atoms with van der Waals surface area (Å²) >= 11 is 1.29. The smallest absolute Gasteiger partial charge is 0.230 e. The second kappa shape index (κ2) is 9.57. The number of thioether (sulfide) groups is 1. The fourth-order valence-corrected chi connectivity index (χ4v) is 3.99. The Morgan fingerprint density at radius 2 is 1.71 bits per heavy atom. The monoisotopic (exact) mass is 432 g/mol. The minimum atomic E-state index is -0.344. The molecule has 1 amide bonds. The number of nitrogens with one attached hydrogen (secondary N) is 1. The van der Waals surface area contributed by atoms with Crippen LogP contribution < -0.4 is 5.32 Å². The molecule has 0 radical (unpaired) electrons. The summed E-state index contributed by atoms with van der Waals surface area (Å²) < 4.78 is 15.6. The number of para-hydroxylation sites is 1. The van der Waals surface area contributed by atoms with Gasteiger partial charge < -0.3 is 5.32 Å². The topological polar surface area (TPSA) is 59.8 Å². The molecule has 4 aromatic rings. The molecule has 156 valence electrons. The van der Waals surface area contributed by atoms with E-state index in [0.29, 0.717) is 16.5 Å². The molecule has 4 rings (SSSR count). The van der Waals surface area contributed by atoms with Crippen LogP contribution in [0.15, 0.2) is 90.1 Å². The Hall–Kier alpha value is -3.45. The van der Waals surface area contributed by atoms with Crippen LogP contribution in [-0.4, -0.2) is 26.4 Å². The number of nitrogens with zero attached hydrogens (tertiary/aromatic N) is 3. The van der Waals surface area contributed by atoms with Crippen LogP contribution in [0.1, 0.15) is 18.5 Å². The summed E-state index contributed by atoms with van der Waals surface area (Å²) in [6.07, 6.45) is 0. The molecule has 0 unspecified atom stereocenters. The summed E-state index contributed by atoms with van der Waals surface area (Å²) in [4.78, 5) is 12.5. The molecule has 1 aromatic heterocycles. The lowest BCUT2D eigenvalue weighted by molar-refractivity contribution is -0.119. The Morgan fingerprint density at radius 1 is 1.00 bits per heavy atom. The lowest BCUT2D eigenvalue weighted by Gasteiger charge is -2.14. The molecule has 0 spiro atoms. The average molecular weight is 433 g/mol. The van der Waals surface area contributed by atoms with E-state index in [0.717, 1.165) is 11.3 Å². The van der Waals surface area contributed by atoms with Gasteiger partial charge in [0, 0.05) is 11.3 Å². The highest BCUT2D eigenvalue weighted by Crippen LogP contribution is 2.28. The average Bonchev–Trinajstić information content (AvgIpc) is 3.23. The van der Waals surface area contributed by atoms with Crippen LogP contribution in [0, 0.1) is 5.82 Å². The summed E-state index contributed by atoms with van der Waals surface area (Å²) in [7, 11) is 0. The van der Waals surface area contributed by atoms with Gasteiger partial charge in [-0.3, -0.25) is 9.36 Å². The van der Waals surface area contributed by atoms with Crippen molar-refractivity contribution in [2.45, 2.75) is 18.1 Å². The molecule has 1 atom stereocenters. The van der Waals surface area contributed by atoms with Crippen LogP contribution in [0.2, 0.25) is 0 Å². The first-order chi connectivity index (χ1) is 15.1. The molecule has 31 heavy (non-hydrogen) atoms. The van der Waals surface area contributed by atoms with Crippen LogP contribution in [0.5, 0.6) is 0 Å². The van der Waals surface area contributed by atoms with E-state index in [1.54, 1.807) is 12.1 Å². The molecule has 0 aliphatic carbocycles.